The number of rotatable bonds is 5. The number of fused-ring (bicyclic) bond motifs is 1. The molecular formula is C17H17NO5S. The van der Waals surface area contributed by atoms with Crippen LogP contribution in [0.3, 0.4) is 0 Å². The Kier molecular flexibility index (Phi) is 4.44. The van der Waals surface area contributed by atoms with Crippen LogP contribution in [-0.2, 0) is 17.6 Å². The minimum absolute atomic E-state index is 0.133. The van der Waals surface area contributed by atoms with Gasteiger partial charge in [0.2, 0.25) is 12.7 Å². The molecule has 6 nitrogen and oxygen atoms in total. The molecule has 1 aromatic carbocycles. The molecule has 7 heteroatoms. The molecule has 0 aliphatic carbocycles. The van der Waals surface area contributed by atoms with Gasteiger partial charge in [0, 0.05) is 4.88 Å². The van der Waals surface area contributed by atoms with Crippen LogP contribution in [0.5, 0.6) is 11.5 Å². The number of carbonyl (C=O) groups is 2. The van der Waals surface area contributed by atoms with Gasteiger partial charge in [-0.1, -0.05) is 13.0 Å². The lowest BCUT2D eigenvalue weighted by Crippen LogP contribution is -2.15. The summed E-state index contributed by atoms with van der Waals surface area (Å²) in [5, 5.41) is 12.5. The summed E-state index contributed by atoms with van der Waals surface area (Å²) >= 11 is 1.30. The van der Waals surface area contributed by atoms with Gasteiger partial charge in [-0.2, -0.15) is 0 Å². The second kappa shape index (κ2) is 6.52. The van der Waals surface area contributed by atoms with Crippen LogP contribution in [-0.4, -0.2) is 23.8 Å². The van der Waals surface area contributed by atoms with Crippen LogP contribution in [0.25, 0.3) is 0 Å². The lowest BCUT2D eigenvalue weighted by atomic mass is 10.1. The quantitative estimate of drug-likeness (QED) is 0.867. The fraction of sp³-hybridized carbons (Fsp3) is 0.294. The summed E-state index contributed by atoms with van der Waals surface area (Å²) in [7, 11) is 0. The predicted molar refractivity (Wildman–Crippen MR) is 90.3 cm³/mol. The highest BCUT2D eigenvalue weighted by Gasteiger charge is 2.22. The van der Waals surface area contributed by atoms with Gasteiger partial charge >= 0.3 is 5.97 Å². The molecule has 1 aliphatic heterocycles. The molecule has 0 atom stereocenters. The van der Waals surface area contributed by atoms with Crippen molar-refractivity contribution >= 4 is 28.2 Å². The van der Waals surface area contributed by atoms with E-state index in [1.165, 1.54) is 11.3 Å². The first-order valence-electron chi connectivity index (χ1n) is 7.53. The summed E-state index contributed by atoms with van der Waals surface area (Å²) in [5.74, 6) is -0.00426. The number of amides is 1. The number of thiophene rings is 1. The fourth-order valence-electron chi connectivity index (χ4n) is 2.73. The van der Waals surface area contributed by atoms with Crippen LogP contribution in [0.15, 0.2) is 18.2 Å². The molecule has 2 aromatic rings. The van der Waals surface area contributed by atoms with Crippen molar-refractivity contribution in [2.75, 3.05) is 12.1 Å². The Morgan fingerprint density at radius 2 is 2.04 bits per heavy atom. The van der Waals surface area contributed by atoms with E-state index in [1.807, 2.05) is 13.8 Å². The number of carboxylic acids is 1. The molecule has 0 saturated carbocycles. The van der Waals surface area contributed by atoms with Gasteiger partial charge in [-0.15, -0.1) is 11.3 Å². The highest BCUT2D eigenvalue weighted by molar-refractivity contribution is 7.16. The Morgan fingerprint density at radius 1 is 1.29 bits per heavy atom. The minimum Gasteiger partial charge on any atom is -0.478 e. The van der Waals surface area contributed by atoms with E-state index in [9.17, 15) is 14.7 Å². The molecule has 0 spiro atoms. The number of nitrogens with one attached hydrogen (secondary N) is 1. The lowest BCUT2D eigenvalue weighted by molar-refractivity contribution is -0.115. The molecule has 1 aromatic heterocycles. The second-order valence-electron chi connectivity index (χ2n) is 5.41. The van der Waals surface area contributed by atoms with Crippen LogP contribution < -0.4 is 14.8 Å². The molecule has 126 valence electrons. The van der Waals surface area contributed by atoms with Gasteiger partial charge in [0.15, 0.2) is 11.5 Å². The number of ether oxygens (including phenoxy) is 2. The molecule has 0 radical (unpaired) electrons. The molecule has 0 saturated heterocycles. The topological polar surface area (TPSA) is 84.9 Å². The highest BCUT2D eigenvalue weighted by atomic mass is 32.1. The zero-order chi connectivity index (χ0) is 17.3. The predicted octanol–water partition coefficient (Wildman–Crippen LogP) is 3.23. The maximum atomic E-state index is 12.3. The molecule has 3 rings (SSSR count). The first-order valence-corrected chi connectivity index (χ1v) is 8.35. The van der Waals surface area contributed by atoms with Crippen molar-refractivity contribution in [1.82, 2.24) is 0 Å². The Balaban J connectivity index is 1.77. The van der Waals surface area contributed by atoms with Crippen LogP contribution in [0.2, 0.25) is 0 Å². The lowest BCUT2D eigenvalue weighted by Gasteiger charge is -2.06. The number of anilines is 1. The van der Waals surface area contributed by atoms with Crippen molar-refractivity contribution in [3.63, 3.8) is 0 Å². The Bertz CT molecular complexity index is 812. The van der Waals surface area contributed by atoms with Gasteiger partial charge in [0.1, 0.15) is 5.00 Å². The molecule has 0 fully saturated rings. The number of carboxylic acid groups (broad SMARTS) is 1. The monoisotopic (exact) mass is 347 g/mol. The van der Waals surface area contributed by atoms with Crippen molar-refractivity contribution in [2.45, 2.75) is 26.7 Å². The van der Waals surface area contributed by atoms with Crippen molar-refractivity contribution in [3.8, 4) is 11.5 Å². The number of hydrogen-bond acceptors (Lipinski definition) is 5. The summed E-state index contributed by atoms with van der Waals surface area (Å²) in [6, 6.07) is 5.32. The Morgan fingerprint density at radius 3 is 2.75 bits per heavy atom. The molecular weight excluding hydrogens is 330 g/mol. The van der Waals surface area contributed by atoms with Crippen molar-refractivity contribution < 1.29 is 24.2 Å². The zero-order valence-corrected chi connectivity index (χ0v) is 14.2. The van der Waals surface area contributed by atoms with Crippen molar-refractivity contribution in [3.05, 3.63) is 39.8 Å². The third-order valence-corrected chi connectivity index (χ3v) is 4.89. The average Bonchev–Trinajstić information content (AvgIpc) is 3.10. The van der Waals surface area contributed by atoms with Gasteiger partial charge < -0.3 is 19.9 Å². The van der Waals surface area contributed by atoms with Crippen molar-refractivity contribution in [2.24, 2.45) is 0 Å². The van der Waals surface area contributed by atoms with Gasteiger partial charge in [-0.3, -0.25) is 4.79 Å². The van der Waals surface area contributed by atoms with Gasteiger partial charge in [0.25, 0.3) is 0 Å². The van der Waals surface area contributed by atoms with E-state index in [0.29, 0.717) is 22.9 Å². The first-order chi connectivity index (χ1) is 11.5. The number of aromatic carboxylic acids is 1. The summed E-state index contributed by atoms with van der Waals surface area (Å²) in [6.07, 6.45) is 0.746. The van der Waals surface area contributed by atoms with E-state index in [2.05, 4.69) is 5.32 Å². The number of benzene rings is 1. The van der Waals surface area contributed by atoms with Crippen LogP contribution in [0.4, 0.5) is 5.00 Å². The zero-order valence-electron chi connectivity index (χ0n) is 13.3. The SMILES string of the molecule is CCc1c(C)sc(NC(=O)Cc2ccc3c(c2)OCO3)c1C(=O)O. The standard InChI is InChI=1S/C17H17NO5S/c1-3-11-9(2)24-16(15(11)17(20)21)18-14(19)7-10-4-5-12-13(6-10)23-8-22-12/h4-6H,3,7-8H2,1-2H3,(H,18,19)(H,20,21). The summed E-state index contributed by atoms with van der Waals surface area (Å²) < 4.78 is 10.5. The first kappa shape index (κ1) is 16.3. The largest absolute Gasteiger partial charge is 0.478 e. The number of hydrogen-bond donors (Lipinski definition) is 2. The van der Waals surface area contributed by atoms with E-state index < -0.39 is 5.97 Å². The van der Waals surface area contributed by atoms with Crippen LogP contribution in [0, 0.1) is 6.92 Å². The van der Waals surface area contributed by atoms with Gasteiger partial charge in [-0.25, -0.2) is 4.79 Å². The molecule has 1 amide bonds. The fourth-order valence-corrected chi connectivity index (χ4v) is 3.88. The molecule has 2 N–H and O–H groups in total. The average molecular weight is 347 g/mol. The molecule has 0 unspecified atom stereocenters. The highest BCUT2D eigenvalue weighted by Crippen LogP contribution is 2.34. The summed E-state index contributed by atoms with van der Waals surface area (Å²) in [5.41, 5.74) is 1.74. The van der Waals surface area contributed by atoms with E-state index >= 15 is 0 Å². The maximum absolute atomic E-state index is 12.3. The second-order valence-corrected chi connectivity index (χ2v) is 6.64. The Hall–Kier alpha value is -2.54. The smallest absolute Gasteiger partial charge is 0.339 e. The third-order valence-electron chi connectivity index (χ3n) is 3.83. The van der Waals surface area contributed by atoms with Crippen LogP contribution in [0.1, 0.15) is 33.3 Å². The summed E-state index contributed by atoms with van der Waals surface area (Å²) in [6.45, 7) is 3.95. The number of aryl methyl sites for hydroxylation is 1. The van der Waals surface area contributed by atoms with E-state index in [4.69, 9.17) is 9.47 Å². The number of carbonyl (C=O) groups excluding carboxylic acids is 1. The van der Waals surface area contributed by atoms with Crippen molar-refractivity contribution in [1.29, 1.82) is 0 Å². The normalized spacial score (nSPS) is 12.2. The van der Waals surface area contributed by atoms with Gasteiger partial charge in [0.05, 0.1) is 12.0 Å². The van der Waals surface area contributed by atoms with Gasteiger partial charge in [-0.05, 0) is 36.6 Å². The molecule has 2 heterocycles. The maximum Gasteiger partial charge on any atom is 0.339 e. The minimum atomic E-state index is -1.02. The molecule has 0 bridgehead atoms. The van der Waals surface area contributed by atoms with E-state index in [-0.39, 0.29) is 24.7 Å². The molecule has 24 heavy (non-hydrogen) atoms. The third kappa shape index (κ3) is 3.07. The molecule has 1 aliphatic rings. The summed E-state index contributed by atoms with van der Waals surface area (Å²) in [4.78, 5) is 24.7. The van der Waals surface area contributed by atoms with E-state index in [1.54, 1.807) is 18.2 Å². The Labute approximate surface area is 143 Å². The van der Waals surface area contributed by atoms with E-state index in [0.717, 1.165) is 16.0 Å². The van der Waals surface area contributed by atoms with Crippen LogP contribution >= 0.6 is 11.3 Å².